The van der Waals surface area contributed by atoms with E-state index in [-0.39, 0.29) is 12.5 Å². The summed E-state index contributed by atoms with van der Waals surface area (Å²) in [6.45, 7) is 3.96. The molecule has 0 fully saturated rings. The first-order chi connectivity index (χ1) is 6.19. The van der Waals surface area contributed by atoms with Crippen LogP contribution in [-0.2, 0) is 6.61 Å². The minimum absolute atomic E-state index is 0.0433. The van der Waals surface area contributed by atoms with Gasteiger partial charge in [0, 0.05) is 11.8 Å². The zero-order valence-electron chi connectivity index (χ0n) is 7.78. The summed E-state index contributed by atoms with van der Waals surface area (Å²) in [5.41, 5.74) is 1.57. The van der Waals surface area contributed by atoms with E-state index in [1.165, 1.54) is 0 Å². The number of hydrogen-bond acceptors (Lipinski definition) is 3. The van der Waals surface area contributed by atoms with Gasteiger partial charge in [-0.1, -0.05) is 13.8 Å². The molecule has 13 heavy (non-hydrogen) atoms. The van der Waals surface area contributed by atoms with Gasteiger partial charge in [-0.2, -0.15) is 0 Å². The lowest BCUT2D eigenvalue weighted by Gasteiger charge is -2.08. The minimum atomic E-state index is -0.0433. The maximum atomic E-state index is 9.00. The minimum Gasteiger partial charge on any atom is -0.392 e. The first kappa shape index (κ1) is 9.69. The maximum absolute atomic E-state index is 9.00. The highest BCUT2D eigenvalue weighted by Crippen LogP contribution is 2.15. The lowest BCUT2D eigenvalue weighted by molar-refractivity contribution is 0.279. The molecule has 0 radical (unpaired) electrons. The molecule has 3 nitrogen and oxygen atoms in total. The van der Waals surface area contributed by atoms with Crippen molar-refractivity contribution < 1.29 is 5.11 Å². The standard InChI is InChI=1S/C10H12N2O/c1-4-9-11-5-8(6-13)10(12-9)7(2)3/h1,5,7,13H,6H2,2-3H3. The number of aromatic nitrogens is 2. The predicted molar refractivity (Wildman–Crippen MR) is 50.0 cm³/mol. The van der Waals surface area contributed by atoms with Crippen LogP contribution in [0.1, 0.15) is 36.8 Å². The summed E-state index contributed by atoms with van der Waals surface area (Å²) >= 11 is 0. The third kappa shape index (κ3) is 2.04. The fourth-order valence-corrected chi connectivity index (χ4v) is 1.11. The Labute approximate surface area is 77.9 Å². The van der Waals surface area contributed by atoms with Gasteiger partial charge in [-0.05, 0) is 11.8 Å². The van der Waals surface area contributed by atoms with Crippen LogP contribution < -0.4 is 0 Å². The third-order valence-corrected chi connectivity index (χ3v) is 1.74. The Bertz CT molecular complexity index is 339. The van der Waals surface area contributed by atoms with Gasteiger partial charge in [-0.15, -0.1) is 6.42 Å². The molecule has 0 saturated carbocycles. The van der Waals surface area contributed by atoms with E-state index in [0.29, 0.717) is 5.82 Å². The Kier molecular flexibility index (Phi) is 2.99. The highest BCUT2D eigenvalue weighted by Gasteiger charge is 2.08. The zero-order chi connectivity index (χ0) is 9.84. The Balaban J connectivity index is 3.20. The summed E-state index contributed by atoms with van der Waals surface area (Å²) in [6, 6.07) is 0. The van der Waals surface area contributed by atoms with Gasteiger partial charge < -0.3 is 5.11 Å². The van der Waals surface area contributed by atoms with Gasteiger partial charge in [0.05, 0.1) is 12.3 Å². The number of rotatable bonds is 2. The Morgan fingerprint density at radius 3 is 2.77 bits per heavy atom. The van der Waals surface area contributed by atoms with Crippen molar-refractivity contribution in [3.63, 3.8) is 0 Å². The smallest absolute Gasteiger partial charge is 0.204 e. The molecule has 0 aromatic carbocycles. The van der Waals surface area contributed by atoms with E-state index in [1.54, 1.807) is 6.20 Å². The molecule has 3 heteroatoms. The summed E-state index contributed by atoms with van der Waals surface area (Å²) in [5.74, 6) is 2.99. The summed E-state index contributed by atoms with van der Waals surface area (Å²) in [5, 5.41) is 9.00. The Morgan fingerprint density at radius 1 is 1.62 bits per heavy atom. The summed E-state index contributed by atoms with van der Waals surface area (Å²) in [7, 11) is 0. The van der Waals surface area contributed by atoms with Gasteiger partial charge in [0.2, 0.25) is 5.82 Å². The summed E-state index contributed by atoms with van der Waals surface area (Å²) in [6.07, 6.45) is 6.75. The van der Waals surface area contributed by atoms with Crippen molar-refractivity contribution in [3.8, 4) is 12.3 Å². The number of hydrogen-bond donors (Lipinski definition) is 1. The van der Waals surface area contributed by atoms with Gasteiger partial charge in [-0.3, -0.25) is 0 Å². The molecule has 0 aliphatic heterocycles. The van der Waals surface area contributed by atoms with E-state index >= 15 is 0 Å². The molecule has 1 aromatic rings. The largest absolute Gasteiger partial charge is 0.392 e. The highest BCUT2D eigenvalue weighted by atomic mass is 16.3. The molecule has 68 valence electrons. The van der Waals surface area contributed by atoms with Crippen molar-refractivity contribution in [2.45, 2.75) is 26.4 Å². The van der Waals surface area contributed by atoms with Crippen LogP contribution in [0.2, 0.25) is 0 Å². The quantitative estimate of drug-likeness (QED) is 0.686. The number of terminal acetylenes is 1. The molecule has 0 atom stereocenters. The number of aliphatic hydroxyl groups excluding tert-OH is 1. The zero-order valence-corrected chi connectivity index (χ0v) is 7.78. The fourth-order valence-electron chi connectivity index (χ4n) is 1.11. The van der Waals surface area contributed by atoms with Crippen LogP contribution in [0.25, 0.3) is 0 Å². The van der Waals surface area contributed by atoms with Crippen LogP contribution >= 0.6 is 0 Å². The Morgan fingerprint density at radius 2 is 2.31 bits per heavy atom. The number of nitrogens with zero attached hydrogens (tertiary/aromatic N) is 2. The number of aliphatic hydroxyl groups is 1. The van der Waals surface area contributed by atoms with Gasteiger partial charge in [0.25, 0.3) is 0 Å². The average molecular weight is 176 g/mol. The van der Waals surface area contributed by atoms with Crippen LogP contribution in [0, 0.1) is 12.3 Å². The molecule has 0 spiro atoms. The van der Waals surface area contributed by atoms with Gasteiger partial charge in [0.1, 0.15) is 0 Å². The van der Waals surface area contributed by atoms with E-state index in [0.717, 1.165) is 11.3 Å². The van der Waals surface area contributed by atoms with Crippen LogP contribution in [0.4, 0.5) is 0 Å². The molecular weight excluding hydrogens is 164 g/mol. The average Bonchev–Trinajstić information content (AvgIpc) is 2.16. The monoisotopic (exact) mass is 176 g/mol. The van der Waals surface area contributed by atoms with Crippen molar-refractivity contribution in [2.75, 3.05) is 0 Å². The normalized spacial score (nSPS) is 10.1. The molecule has 0 aliphatic rings. The SMILES string of the molecule is C#Cc1ncc(CO)c(C(C)C)n1. The van der Waals surface area contributed by atoms with Crippen LogP contribution in [0.5, 0.6) is 0 Å². The van der Waals surface area contributed by atoms with Crippen molar-refractivity contribution in [1.82, 2.24) is 9.97 Å². The van der Waals surface area contributed by atoms with Crippen LogP contribution in [-0.4, -0.2) is 15.1 Å². The first-order valence-corrected chi connectivity index (χ1v) is 4.12. The van der Waals surface area contributed by atoms with Gasteiger partial charge in [-0.25, -0.2) is 9.97 Å². The molecule has 1 N–H and O–H groups in total. The summed E-state index contributed by atoms with van der Waals surface area (Å²) < 4.78 is 0. The molecule has 1 aromatic heterocycles. The predicted octanol–water partition coefficient (Wildman–Crippen LogP) is 1.07. The molecular formula is C10H12N2O. The maximum Gasteiger partial charge on any atom is 0.204 e. The van der Waals surface area contributed by atoms with E-state index < -0.39 is 0 Å². The van der Waals surface area contributed by atoms with E-state index in [1.807, 2.05) is 13.8 Å². The van der Waals surface area contributed by atoms with E-state index in [4.69, 9.17) is 11.5 Å². The molecule has 1 heterocycles. The Hall–Kier alpha value is -1.40. The topological polar surface area (TPSA) is 46.0 Å². The van der Waals surface area contributed by atoms with Crippen molar-refractivity contribution in [3.05, 3.63) is 23.3 Å². The second-order valence-corrected chi connectivity index (χ2v) is 3.06. The van der Waals surface area contributed by atoms with Crippen molar-refractivity contribution in [1.29, 1.82) is 0 Å². The van der Waals surface area contributed by atoms with E-state index in [9.17, 15) is 0 Å². The molecule has 0 bridgehead atoms. The molecule has 0 amide bonds. The second kappa shape index (κ2) is 4.01. The van der Waals surface area contributed by atoms with Gasteiger partial charge in [0.15, 0.2) is 0 Å². The van der Waals surface area contributed by atoms with Gasteiger partial charge >= 0.3 is 0 Å². The fraction of sp³-hybridized carbons (Fsp3) is 0.400. The van der Waals surface area contributed by atoms with E-state index in [2.05, 4.69) is 15.9 Å². The summed E-state index contributed by atoms with van der Waals surface area (Å²) in [4.78, 5) is 8.06. The van der Waals surface area contributed by atoms with Crippen molar-refractivity contribution in [2.24, 2.45) is 0 Å². The van der Waals surface area contributed by atoms with Crippen LogP contribution in [0.15, 0.2) is 6.20 Å². The third-order valence-electron chi connectivity index (χ3n) is 1.74. The molecule has 0 aliphatic carbocycles. The molecule has 0 saturated heterocycles. The van der Waals surface area contributed by atoms with Crippen molar-refractivity contribution >= 4 is 0 Å². The molecule has 1 rings (SSSR count). The molecule has 0 unspecified atom stereocenters. The lowest BCUT2D eigenvalue weighted by atomic mass is 10.1. The highest BCUT2D eigenvalue weighted by molar-refractivity contribution is 5.25. The first-order valence-electron chi connectivity index (χ1n) is 4.12. The lowest BCUT2D eigenvalue weighted by Crippen LogP contribution is -2.03. The van der Waals surface area contributed by atoms with Crippen LogP contribution in [0.3, 0.4) is 0 Å². The second-order valence-electron chi connectivity index (χ2n) is 3.06.